The predicted molar refractivity (Wildman–Crippen MR) is 180 cm³/mol. The number of piperidine rings is 2. The van der Waals surface area contributed by atoms with Gasteiger partial charge in [-0.1, -0.05) is 18.2 Å². The highest BCUT2D eigenvalue weighted by Gasteiger charge is 2.37. The molecule has 2 saturated heterocycles. The molecule has 2 N–H and O–H groups in total. The molecule has 11 heteroatoms. The highest BCUT2D eigenvalue weighted by atomic mass is 31.2. The summed E-state index contributed by atoms with van der Waals surface area (Å²) in [6, 6.07) is 9.83. The van der Waals surface area contributed by atoms with Crippen LogP contribution < -0.4 is 25.6 Å². The number of likely N-dealkylation sites (tertiary alicyclic amines) is 1. The molecule has 2 aliphatic rings. The van der Waals surface area contributed by atoms with Crippen LogP contribution in [0.2, 0.25) is 0 Å². The summed E-state index contributed by atoms with van der Waals surface area (Å²) in [6.07, 6.45) is 8.48. The number of benzene rings is 1. The second kappa shape index (κ2) is 12.0. The molecule has 3 aromatic heterocycles. The van der Waals surface area contributed by atoms with E-state index in [1.807, 2.05) is 31.2 Å². The summed E-state index contributed by atoms with van der Waals surface area (Å²) in [7, 11) is 1.21. The SMILES string of the molecule is COc1nc(N2CCC3(CCN(C)CC3)CC2)c(C)cc1Nc1ncc(C)c(Nc2cnc3ccccc3c2P(C)(C)=O)n1. The summed E-state index contributed by atoms with van der Waals surface area (Å²) in [6.45, 7) is 12.0. The number of methoxy groups -OCH3 is 1. The van der Waals surface area contributed by atoms with Crippen molar-refractivity contribution >= 4 is 52.3 Å². The molecule has 0 unspecified atom stereocenters. The van der Waals surface area contributed by atoms with Crippen LogP contribution in [0.25, 0.3) is 10.9 Å². The summed E-state index contributed by atoms with van der Waals surface area (Å²) in [5.41, 5.74) is 4.58. The minimum atomic E-state index is -2.66. The van der Waals surface area contributed by atoms with Crippen LogP contribution in [0.5, 0.6) is 5.88 Å². The molecule has 4 aromatic rings. The van der Waals surface area contributed by atoms with Gasteiger partial charge in [-0.15, -0.1) is 0 Å². The normalized spacial score (nSPS) is 17.2. The van der Waals surface area contributed by atoms with Gasteiger partial charge < -0.3 is 29.7 Å². The van der Waals surface area contributed by atoms with Crippen molar-refractivity contribution in [3.63, 3.8) is 0 Å². The maximum atomic E-state index is 13.4. The molecule has 232 valence electrons. The Morgan fingerprint density at radius 3 is 2.30 bits per heavy atom. The van der Waals surface area contributed by atoms with Crippen molar-refractivity contribution in [2.75, 3.05) is 69.2 Å². The Labute approximate surface area is 260 Å². The zero-order valence-corrected chi connectivity index (χ0v) is 27.5. The van der Waals surface area contributed by atoms with Gasteiger partial charge in [0.15, 0.2) is 0 Å². The molecular formula is C33H43N8O2P. The molecule has 1 aromatic carbocycles. The Balaban J connectivity index is 1.23. The number of ether oxygens (including phenoxy) is 1. The van der Waals surface area contributed by atoms with Crippen LogP contribution in [0.15, 0.2) is 42.7 Å². The van der Waals surface area contributed by atoms with Crippen LogP contribution in [0.3, 0.4) is 0 Å². The van der Waals surface area contributed by atoms with Crippen LogP contribution in [-0.2, 0) is 4.57 Å². The smallest absolute Gasteiger partial charge is 0.239 e. The third-order valence-corrected chi connectivity index (χ3v) is 10.8. The zero-order chi connectivity index (χ0) is 31.1. The topological polar surface area (TPSA) is 108 Å². The molecule has 2 aliphatic heterocycles. The van der Waals surface area contributed by atoms with E-state index in [-0.39, 0.29) is 0 Å². The van der Waals surface area contributed by atoms with Crippen LogP contribution in [0, 0.1) is 19.3 Å². The summed E-state index contributed by atoms with van der Waals surface area (Å²) in [4.78, 5) is 23.7. The molecule has 0 amide bonds. The number of hydrogen-bond acceptors (Lipinski definition) is 10. The molecule has 6 rings (SSSR count). The van der Waals surface area contributed by atoms with Gasteiger partial charge in [-0.3, -0.25) is 4.98 Å². The maximum absolute atomic E-state index is 13.4. The first-order valence-corrected chi connectivity index (χ1v) is 18.0. The lowest BCUT2D eigenvalue weighted by molar-refractivity contribution is 0.0943. The van der Waals surface area contributed by atoms with Crippen molar-refractivity contribution in [1.82, 2.24) is 24.8 Å². The third kappa shape index (κ3) is 6.10. The first-order valence-electron chi connectivity index (χ1n) is 15.4. The van der Waals surface area contributed by atoms with Gasteiger partial charge in [0.25, 0.3) is 0 Å². The molecule has 0 radical (unpaired) electrons. The number of anilines is 5. The van der Waals surface area contributed by atoms with Gasteiger partial charge in [0, 0.05) is 35.5 Å². The van der Waals surface area contributed by atoms with Crippen molar-refractivity contribution in [1.29, 1.82) is 0 Å². The third-order valence-electron chi connectivity index (χ3n) is 9.27. The van der Waals surface area contributed by atoms with Gasteiger partial charge in [-0.25, -0.2) is 4.98 Å². The van der Waals surface area contributed by atoms with Crippen molar-refractivity contribution in [3.05, 3.63) is 53.9 Å². The number of hydrogen-bond donors (Lipinski definition) is 2. The fourth-order valence-corrected chi connectivity index (χ4v) is 8.08. The van der Waals surface area contributed by atoms with Gasteiger partial charge in [-0.2, -0.15) is 9.97 Å². The minimum Gasteiger partial charge on any atom is -0.479 e. The number of nitrogens with zero attached hydrogens (tertiary/aromatic N) is 6. The van der Waals surface area contributed by atoms with Gasteiger partial charge in [0.05, 0.1) is 24.5 Å². The quantitative estimate of drug-likeness (QED) is 0.237. The summed E-state index contributed by atoms with van der Waals surface area (Å²) in [5.74, 6) is 2.48. The lowest BCUT2D eigenvalue weighted by Gasteiger charge is -2.46. The van der Waals surface area contributed by atoms with Crippen LogP contribution in [-0.4, -0.2) is 78.5 Å². The number of para-hydroxylation sites is 1. The highest BCUT2D eigenvalue weighted by molar-refractivity contribution is 7.71. The van der Waals surface area contributed by atoms with Crippen molar-refractivity contribution in [2.45, 2.75) is 39.5 Å². The molecule has 5 heterocycles. The van der Waals surface area contributed by atoms with E-state index < -0.39 is 7.14 Å². The fraction of sp³-hybridized carbons (Fsp3) is 0.455. The fourth-order valence-electron chi connectivity index (χ4n) is 6.61. The van der Waals surface area contributed by atoms with Crippen LogP contribution in [0.4, 0.5) is 29.0 Å². The van der Waals surface area contributed by atoms with Crippen LogP contribution >= 0.6 is 7.14 Å². The Hall–Kier alpha value is -3.75. The number of pyridine rings is 2. The molecule has 0 bridgehead atoms. The first-order chi connectivity index (χ1) is 21.0. The number of rotatable bonds is 7. The lowest BCUT2D eigenvalue weighted by Crippen LogP contribution is -2.46. The van der Waals surface area contributed by atoms with E-state index in [1.54, 1.807) is 32.8 Å². The average molecular weight is 615 g/mol. The monoisotopic (exact) mass is 614 g/mol. The number of aromatic nitrogens is 4. The van der Waals surface area contributed by atoms with E-state index in [0.717, 1.165) is 46.2 Å². The largest absolute Gasteiger partial charge is 0.479 e. The van der Waals surface area contributed by atoms with E-state index in [0.29, 0.717) is 34.4 Å². The second-order valence-corrected chi connectivity index (χ2v) is 16.0. The van der Waals surface area contributed by atoms with E-state index in [2.05, 4.69) is 50.4 Å². The van der Waals surface area contributed by atoms with Crippen molar-refractivity contribution in [2.24, 2.45) is 5.41 Å². The molecule has 10 nitrogen and oxygen atoms in total. The Morgan fingerprint density at radius 1 is 0.886 bits per heavy atom. The van der Waals surface area contributed by atoms with Crippen molar-refractivity contribution < 1.29 is 9.30 Å². The van der Waals surface area contributed by atoms with E-state index >= 15 is 0 Å². The summed E-state index contributed by atoms with van der Waals surface area (Å²) >= 11 is 0. The number of nitrogens with one attached hydrogen (secondary N) is 2. The molecule has 0 saturated carbocycles. The average Bonchev–Trinajstić information content (AvgIpc) is 3.00. The summed E-state index contributed by atoms with van der Waals surface area (Å²) < 4.78 is 19.2. The molecule has 0 atom stereocenters. The molecule has 0 aliphatic carbocycles. The number of aryl methyl sites for hydroxylation is 2. The van der Waals surface area contributed by atoms with Gasteiger partial charge in [0.1, 0.15) is 24.5 Å². The van der Waals surface area contributed by atoms with Crippen molar-refractivity contribution in [3.8, 4) is 5.88 Å². The standard InChI is InChI=1S/C33H43N8O2P/c1-22-19-26(31(43-4)39-30(22)41-17-13-33(14-18-41)11-15-40(3)16-12-33)37-32-35-20-23(2)29(38-32)36-27-21-34-25-10-8-7-9-24(25)28(27)44(5,6)42/h7-10,19-21H,11-18H2,1-6H3,(H2,35,36,37,38). The Kier molecular flexibility index (Phi) is 8.24. The van der Waals surface area contributed by atoms with E-state index in [4.69, 9.17) is 14.7 Å². The second-order valence-electron chi connectivity index (χ2n) is 12.8. The summed E-state index contributed by atoms with van der Waals surface area (Å²) in [5, 5.41) is 8.36. The zero-order valence-electron chi connectivity index (χ0n) is 26.6. The lowest BCUT2D eigenvalue weighted by atomic mass is 9.71. The predicted octanol–water partition coefficient (Wildman–Crippen LogP) is 6.09. The van der Waals surface area contributed by atoms with Crippen LogP contribution in [0.1, 0.15) is 36.8 Å². The van der Waals surface area contributed by atoms with Gasteiger partial charge >= 0.3 is 0 Å². The van der Waals surface area contributed by atoms with Gasteiger partial charge in [-0.05, 0) is 96.1 Å². The Bertz CT molecular complexity index is 1720. The molecule has 44 heavy (non-hydrogen) atoms. The molecular weight excluding hydrogens is 571 g/mol. The first kappa shape index (κ1) is 30.3. The number of fused-ring (bicyclic) bond motifs is 1. The van der Waals surface area contributed by atoms with Gasteiger partial charge in [0.2, 0.25) is 11.8 Å². The minimum absolute atomic E-state index is 0.402. The molecule has 2 fully saturated rings. The highest BCUT2D eigenvalue weighted by Crippen LogP contribution is 2.43. The maximum Gasteiger partial charge on any atom is 0.239 e. The van der Waals surface area contributed by atoms with E-state index in [9.17, 15) is 4.57 Å². The van der Waals surface area contributed by atoms with E-state index in [1.165, 1.54) is 38.8 Å². The Morgan fingerprint density at radius 2 is 1.59 bits per heavy atom. The molecule has 1 spiro atoms.